The normalized spacial score (nSPS) is 10.3. The Labute approximate surface area is 144 Å². The van der Waals surface area contributed by atoms with Crippen molar-refractivity contribution >= 4 is 23.1 Å². The minimum Gasteiger partial charge on any atom is -0.378 e. The van der Waals surface area contributed by atoms with Gasteiger partial charge in [-0.15, -0.1) is 0 Å². The van der Waals surface area contributed by atoms with E-state index < -0.39 is 11.8 Å². The molecule has 0 saturated carbocycles. The fourth-order valence-corrected chi connectivity index (χ4v) is 2.33. The average molecular weight is 339 g/mol. The molecule has 2 aromatic carbocycles. The van der Waals surface area contributed by atoms with E-state index in [0.29, 0.717) is 12.2 Å². The van der Waals surface area contributed by atoms with Gasteiger partial charge in [0.15, 0.2) is 0 Å². The molecule has 0 aliphatic heterocycles. The van der Waals surface area contributed by atoms with Gasteiger partial charge in [0, 0.05) is 18.4 Å². The quantitative estimate of drug-likeness (QED) is 0.564. The van der Waals surface area contributed by atoms with Gasteiger partial charge in [-0.2, -0.15) is 5.10 Å². The molecular weight excluding hydrogens is 321 g/mol. The highest BCUT2D eigenvalue weighted by molar-refractivity contribution is 5.99. The van der Waals surface area contributed by atoms with Crippen LogP contribution in [0.2, 0.25) is 0 Å². The highest BCUT2D eigenvalue weighted by Crippen LogP contribution is 2.17. The molecule has 3 rings (SSSR count). The number of H-pyrrole nitrogens is 1. The number of aryl methyl sites for hydroxylation is 1. The third-order valence-electron chi connectivity index (χ3n) is 3.55. The second-order valence-corrected chi connectivity index (χ2v) is 5.60. The fraction of sp³-hybridized carbons (Fsp3) is 0.111. The number of nitrogens with zero attached hydrogens (tertiary/aromatic N) is 1. The molecule has 6 nitrogen and oxygen atoms in total. The van der Waals surface area contributed by atoms with Gasteiger partial charge in [-0.1, -0.05) is 18.2 Å². The van der Waals surface area contributed by atoms with Gasteiger partial charge < -0.3 is 16.0 Å². The maximum atomic E-state index is 13.7. The van der Waals surface area contributed by atoms with Crippen molar-refractivity contribution in [1.82, 2.24) is 10.2 Å². The molecule has 1 heterocycles. The molecule has 128 valence electrons. The lowest BCUT2D eigenvalue weighted by Crippen LogP contribution is -2.20. The van der Waals surface area contributed by atoms with Crippen molar-refractivity contribution in [3.05, 3.63) is 71.8 Å². The van der Waals surface area contributed by atoms with E-state index in [0.717, 1.165) is 16.8 Å². The van der Waals surface area contributed by atoms with E-state index in [1.807, 2.05) is 25.1 Å². The van der Waals surface area contributed by atoms with Crippen molar-refractivity contribution in [1.29, 1.82) is 0 Å². The van der Waals surface area contributed by atoms with Crippen molar-refractivity contribution in [3.63, 3.8) is 0 Å². The molecule has 0 saturated heterocycles. The number of benzene rings is 2. The number of urea groups is 1. The number of carbonyl (C=O) groups excluding carboxylic acids is 1. The molecule has 25 heavy (non-hydrogen) atoms. The van der Waals surface area contributed by atoms with Crippen molar-refractivity contribution in [2.45, 2.75) is 13.5 Å². The first-order valence-electron chi connectivity index (χ1n) is 7.76. The summed E-state index contributed by atoms with van der Waals surface area (Å²) in [4.78, 5) is 12.1. The van der Waals surface area contributed by atoms with Crippen LogP contribution in [0.25, 0.3) is 0 Å². The first-order chi connectivity index (χ1) is 12.1. The predicted molar refractivity (Wildman–Crippen MR) is 96.1 cm³/mol. The minimum atomic E-state index is -0.496. The fourth-order valence-electron chi connectivity index (χ4n) is 2.33. The maximum Gasteiger partial charge on any atom is 0.323 e. The van der Waals surface area contributed by atoms with Crippen LogP contribution in [0.5, 0.6) is 0 Å². The molecule has 1 aromatic heterocycles. The van der Waals surface area contributed by atoms with E-state index in [4.69, 9.17) is 0 Å². The lowest BCUT2D eigenvalue weighted by molar-refractivity contribution is 0.262. The molecule has 4 N–H and O–H groups in total. The van der Waals surface area contributed by atoms with Crippen molar-refractivity contribution in [2.75, 3.05) is 16.0 Å². The van der Waals surface area contributed by atoms with Gasteiger partial charge in [-0.3, -0.25) is 5.10 Å². The first kappa shape index (κ1) is 16.5. The predicted octanol–water partition coefficient (Wildman–Crippen LogP) is 4.11. The van der Waals surface area contributed by atoms with E-state index >= 15 is 0 Å². The van der Waals surface area contributed by atoms with Crippen LogP contribution in [0, 0.1) is 12.7 Å². The number of halogens is 1. The summed E-state index contributed by atoms with van der Waals surface area (Å²) in [6.07, 6.45) is 3.44. The van der Waals surface area contributed by atoms with Crippen LogP contribution in [-0.2, 0) is 6.54 Å². The van der Waals surface area contributed by atoms with Gasteiger partial charge >= 0.3 is 6.03 Å². The summed E-state index contributed by atoms with van der Waals surface area (Å²) in [5, 5.41) is 15.0. The molecule has 0 radical (unpaired) electrons. The number of rotatable bonds is 5. The van der Waals surface area contributed by atoms with Gasteiger partial charge in [-0.05, 0) is 42.3 Å². The summed E-state index contributed by atoms with van der Waals surface area (Å²) < 4.78 is 13.7. The monoisotopic (exact) mass is 339 g/mol. The highest BCUT2D eigenvalue weighted by Gasteiger charge is 2.08. The van der Waals surface area contributed by atoms with Crippen molar-refractivity contribution in [3.8, 4) is 0 Å². The molecule has 0 bridgehead atoms. The van der Waals surface area contributed by atoms with Gasteiger partial charge in [-0.25, -0.2) is 9.18 Å². The highest BCUT2D eigenvalue weighted by atomic mass is 19.1. The Bertz CT molecular complexity index is 864. The van der Waals surface area contributed by atoms with Crippen LogP contribution in [0.15, 0.2) is 54.9 Å². The van der Waals surface area contributed by atoms with E-state index in [2.05, 4.69) is 26.1 Å². The average Bonchev–Trinajstić information content (AvgIpc) is 3.10. The van der Waals surface area contributed by atoms with E-state index in [1.54, 1.807) is 30.6 Å². The zero-order valence-corrected chi connectivity index (χ0v) is 13.6. The summed E-state index contributed by atoms with van der Waals surface area (Å²) in [5.41, 5.74) is 3.50. The Balaban J connectivity index is 1.61. The van der Waals surface area contributed by atoms with E-state index in [-0.39, 0.29) is 5.69 Å². The Morgan fingerprint density at radius 2 is 2.04 bits per heavy atom. The molecule has 0 aliphatic carbocycles. The van der Waals surface area contributed by atoms with Gasteiger partial charge in [0.05, 0.1) is 17.6 Å². The van der Waals surface area contributed by atoms with Crippen molar-refractivity contribution < 1.29 is 9.18 Å². The van der Waals surface area contributed by atoms with Crippen LogP contribution in [-0.4, -0.2) is 16.2 Å². The van der Waals surface area contributed by atoms with Crippen molar-refractivity contribution in [2.24, 2.45) is 0 Å². The zero-order valence-electron chi connectivity index (χ0n) is 13.6. The number of nitrogens with one attached hydrogen (secondary N) is 4. The number of amides is 2. The molecule has 0 unspecified atom stereocenters. The number of aromatic amines is 1. The largest absolute Gasteiger partial charge is 0.378 e. The first-order valence-corrected chi connectivity index (χ1v) is 7.76. The van der Waals surface area contributed by atoms with Crippen LogP contribution >= 0.6 is 0 Å². The second kappa shape index (κ2) is 7.48. The standard InChI is InChI=1S/C18H18FN5O/c1-12-5-6-16(19)17(7-12)24-18(25)23-14-4-2-3-13(8-14)9-20-15-10-21-22-11-15/h2-8,10-11,20H,9H2,1H3,(H,21,22)(H2,23,24,25). The zero-order chi connectivity index (χ0) is 17.6. The van der Waals surface area contributed by atoms with Gasteiger partial charge in [0.25, 0.3) is 0 Å². The molecular formula is C18H18FN5O. The smallest absolute Gasteiger partial charge is 0.323 e. The third-order valence-corrected chi connectivity index (χ3v) is 3.55. The third kappa shape index (κ3) is 4.57. The van der Waals surface area contributed by atoms with Gasteiger partial charge in [0.2, 0.25) is 0 Å². The van der Waals surface area contributed by atoms with Gasteiger partial charge in [0.1, 0.15) is 5.82 Å². The summed E-state index contributed by atoms with van der Waals surface area (Å²) in [6.45, 7) is 2.42. The number of hydrogen-bond donors (Lipinski definition) is 4. The Kier molecular flexibility index (Phi) is 4.94. The summed E-state index contributed by atoms with van der Waals surface area (Å²) in [7, 11) is 0. The summed E-state index contributed by atoms with van der Waals surface area (Å²) >= 11 is 0. The molecule has 0 fully saturated rings. The SMILES string of the molecule is Cc1ccc(F)c(NC(=O)Nc2cccc(CNc3cn[nH]c3)c2)c1. The topological polar surface area (TPSA) is 81.8 Å². The van der Waals surface area contributed by atoms with Crippen LogP contribution in [0.4, 0.5) is 26.2 Å². The van der Waals surface area contributed by atoms with E-state index in [1.165, 1.54) is 6.07 Å². The van der Waals surface area contributed by atoms with Crippen LogP contribution in [0.1, 0.15) is 11.1 Å². The maximum absolute atomic E-state index is 13.7. The Morgan fingerprint density at radius 3 is 2.84 bits per heavy atom. The number of aromatic nitrogens is 2. The lowest BCUT2D eigenvalue weighted by Gasteiger charge is -2.10. The molecule has 2 amide bonds. The van der Waals surface area contributed by atoms with E-state index in [9.17, 15) is 9.18 Å². The molecule has 3 aromatic rings. The van der Waals surface area contributed by atoms with Crippen LogP contribution < -0.4 is 16.0 Å². The molecule has 0 aliphatic rings. The summed E-state index contributed by atoms with van der Waals surface area (Å²) in [5.74, 6) is -0.473. The lowest BCUT2D eigenvalue weighted by atomic mass is 10.2. The molecule has 7 heteroatoms. The van der Waals surface area contributed by atoms with Crippen LogP contribution in [0.3, 0.4) is 0 Å². The summed E-state index contributed by atoms with van der Waals surface area (Å²) in [6, 6.07) is 11.5. The number of carbonyl (C=O) groups is 1. The number of anilines is 3. The minimum absolute atomic E-state index is 0.148. The second-order valence-electron chi connectivity index (χ2n) is 5.60. The Morgan fingerprint density at radius 1 is 1.16 bits per heavy atom. The molecule has 0 atom stereocenters. The Hall–Kier alpha value is -3.35. The molecule has 0 spiro atoms. The number of hydrogen-bond acceptors (Lipinski definition) is 3.